The van der Waals surface area contributed by atoms with E-state index in [9.17, 15) is 9.59 Å². The number of fused-ring (bicyclic) bond motifs is 1. The van der Waals surface area contributed by atoms with E-state index < -0.39 is 0 Å². The van der Waals surface area contributed by atoms with Gasteiger partial charge in [0.05, 0.1) is 11.3 Å². The van der Waals surface area contributed by atoms with Gasteiger partial charge >= 0.3 is 0 Å². The van der Waals surface area contributed by atoms with Crippen molar-refractivity contribution in [2.24, 2.45) is 0 Å². The van der Waals surface area contributed by atoms with Gasteiger partial charge in [0.1, 0.15) is 5.70 Å². The summed E-state index contributed by atoms with van der Waals surface area (Å²) in [5.41, 5.74) is 3.20. The highest BCUT2D eigenvalue weighted by Crippen LogP contribution is 2.37. The van der Waals surface area contributed by atoms with Gasteiger partial charge in [-0.05, 0) is 46.0 Å². The molecule has 5 rings (SSSR count). The second kappa shape index (κ2) is 8.01. The number of nitrogens with zero attached hydrogens (tertiary/aromatic N) is 1. The molecule has 3 aromatic carbocycles. The van der Waals surface area contributed by atoms with Crippen LogP contribution in [0.5, 0.6) is 0 Å². The molecule has 0 spiro atoms. The highest BCUT2D eigenvalue weighted by molar-refractivity contribution is 7.11. The van der Waals surface area contributed by atoms with E-state index in [2.05, 4.69) is 26.1 Å². The molecule has 1 aliphatic rings. The van der Waals surface area contributed by atoms with Crippen molar-refractivity contribution in [1.82, 2.24) is 0 Å². The summed E-state index contributed by atoms with van der Waals surface area (Å²) in [5, 5.41) is 7.28. The summed E-state index contributed by atoms with van der Waals surface area (Å²) in [6, 6.07) is 25.3. The molecule has 0 bridgehead atoms. The van der Waals surface area contributed by atoms with E-state index in [-0.39, 0.29) is 17.2 Å². The molecular weight excluding hydrogens is 428 g/mol. The lowest BCUT2D eigenvalue weighted by atomic mass is 9.87. The minimum Gasteiger partial charge on any atom is -0.350 e. The Morgan fingerprint density at radius 1 is 0.788 bits per heavy atom. The minimum atomic E-state index is -0.347. The molecule has 0 unspecified atom stereocenters. The molecular formula is C28H24N2O2S. The van der Waals surface area contributed by atoms with E-state index in [1.54, 1.807) is 0 Å². The number of carbonyl (C=O) groups excluding carboxylic acids is 2. The number of hydrogen-bond acceptors (Lipinski definition) is 4. The summed E-state index contributed by atoms with van der Waals surface area (Å²) in [5.74, 6) is -0.659. The maximum Gasteiger partial charge on any atom is 0.282 e. The minimum absolute atomic E-state index is 0.0149. The predicted molar refractivity (Wildman–Crippen MR) is 136 cm³/mol. The van der Waals surface area contributed by atoms with E-state index in [0.717, 1.165) is 26.9 Å². The third-order valence-electron chi connectivity index (χ3n) is 5.89. The van der Waals surface area contributed by atoms with Gasteiger partial charge in [-0.1, -0.05) is 75.4 Å². The van der Waals surface area contributed by atoms with Crippen LogP contribution in [0.1, 0.15) is 31.2 Å². The SMILES string of the molecule is CC(C)(C)c1ccc(N2C(=O)C(Nc3cccc4ccccc34)=C(c3cccs3)C2=O)cc1. The fourth-order valence-electron chi connectivity index (χ4n) is 4.11. The number of benzene rings is 3. The molecule has 0 saturated carbocycles. The fourth-order valence-corrected chi connectivity index (χ4v) is 4.88. The first-order valence-electron chi connectivity index (χ1n) is 10.9. The van der Waals surface area contributed by atoms with E-state index in [4.69, 9.17) is 0 Å². The topological polar surface area (TPSA) is 49.4 Å². The van der Waals surface area contributed by atoms with Crippen LogP contribution in [0.25, 0.3) is 16.3 Å². The Labute approximate surface area is 197 Å². The van der Waals surface area contributed by atoms with Crippen LogP contribution in [0.2, 0.25) is 0 Å². The Bertz CT molecular complexity index is 1390. The van der Waals surface area contributed by atoms with E-state index in [0.29, 0.717) is 17.0 Å². The van der Waals surface area contributed by atoms with Crippen molar-refractivity contribution in [3.05, 3.63) is 100 Å². The molecule has 2 heterocycles. The second-order valence-corrected chi connectivity index (χ2v) is 10.1. The van der Waals surface area contributed by atoms with Crippen LogP contribution in [0.3, 0.4) is 0 Å². The second-order valence-electron chi connectivity index (χ2n) is 9.12. The smallest absolute Gasteiger partial charge is 0.282 e. The van der Waals surface area contributed by atoms with Gasteiger partial charge < -0.3 is 5.32 Å². The van der Waals surface area contributed by atoms with E-state index >= 15 is 0 Å². The summed E-state index contributed by atoms with van der Waals surface area (Å²) in [4.78, 5) is 29.2. The average Bonchev–Trinajstić information content (AvgIpc) is 3.40. The fraction of sp³-hybridized carbons (Fsp3) is 0.143. The van der Waals surface area contributed by atoms with Crippen molar-refractivity contribution in [1.29, 1.82) is 0 Å². The van der Waals surface area contributed by atoms with Crippen molar-refractivity contribution in [2.75, 3.05) is 10.2 Å². The molecule has 0 radical (unpaired) electrons. The summed E-state index contributed by atoms with van der Waals surface area (Å²) in [7, 11) is 0. The first-order chi connectivity index (χ1) is 15.8. The Morgan fingerprint density at radius 2 is 1.52 bits per heavy atom. The van der Waals surface area contributed by atoms with Crippen molar-refractivity contribution < 1.29 is 9.59 Å². The van der Waals surface area contributed by atoms with Gasteiger partial charge in [0.15, 0.2) is 0 Å². The van der Waals surface area contributed by atoms with Gasteiger partial charge in [0.25, 0.3) is 11.8 Å². The van der Waals surface area contributed by atoms with Crippen LogP contribution < -0.4 is 10.2 Å². The zero-order chi connectivity index (χ0) is 23.2. The van der Waals surface area contributed by atoms with Crippen LogP contribution in [0, 0.1) is 0 Å². The van der Waals surface area contributed by atoms with Gasteiger partial charge in [0.2, 0.25) is 0 Å². The van der Waals surface area contributed by atoms with E-state index in [1.807, 2.05) is 84.2 Å². The normalized spacial score (nSPS) is 14.5. The molecule has 4 nitrogen and oxygen atoms in total. The molecule has 164 valence electrons. The van der Waals surface area contributed by atoms with Gasteiger partial charge in [-0.15, -0.1) is 11.3 Å². The molecule has 1 aromatic heterocycles. The first-order valence-corrected chi connectivity index (χ1v) is 11.7. The molecule has 33 heavy (non-hydrogen) atoms. The Hall–Kier alpha value is -3.70. The molecule has 0 aliphatic carbocycles. The lowest BCUT2D eigenvalue weighted by molar-refractivity contribution is -0.120. The van der Waals surface area contributed by atoms with Gasteiger partial charge in [-0.2, -0.15) is 0 Å². The molecule has 0 fully saturated rings. The molecule has 1 aliphatic heterocycles. The van der Waals surface area contributed by atoms with Crippen LogP contribution in [-0.4, -0.2) is 11.8 Å². The Balaban J connectivity index is 1.59. The number of thiophene rings is 1. The van der Waals surface area contributed by atoms with Crippen molar-refractivity contribution in [2.45, 2.75) is 26.2 Å². The summed E-state index contributed by atoms with van der Waals surface area (Å²) in [6.07, 6.45) is 0. The standard InChI is InChI=1S/C28H24N2O2S/c1-28(2,3)19-13-15-20(16-14-19)30-26(31)24(23-12-7-17-33-23)25(27(30)32)29-22-11-6-9-18-8-4-5-10-21(18)22/h4-17,29H,1-3H3. The lowest BCUT2D eigenvalue weighted by Crippen LogP contribution is -2.32. The number of hydrogen-bond donors (Lipinski definition) is 1. The maximum atomic E-state index is 13.6. The van der Waals surface area contributed by atoms with Crippen LogP contribution >= 0.6 is 11.3 Å². The number of imide groups is 1. The van der Waals surface area contributed by atoms with Crippen LogP contribution in [0.15, 0.2) is 89.9 Å². The van der Waals surface area contributed by atoms with Gasteiger partial charge in [-0.25, -0.2) is 4.90 Å². The quantitative estimate of drug-likeness (QED) is 0.355. The molecule has 0 saturated heterocycles. The highest BCUT2D eigenvalue weighted by Gasteiger charge is 2.40. The Morgan fingerprint density at radius 3 is 2.21 bits per heavy atom. The third kappa shape index (κ3) is 3.74. The van der Waals surface area contributed by atoms with Crippen LogP contribution in [0.4, 0.5) is 11.4 Å². The number of anilines is 2. The molecule has 4 aromatic rings. The van der Waals surface area contributed by atoms with Gasteiger partial charge in [-0.3, -0.25) is 9.59 Å². The van der Waals surface area contributed by atoms with E-state index in [1.165, 1.54) is 16.2 Å². The summed E-state index contributed by atoms with van der Waals surface area (Å²) < 4.78 is 0. The number of carbonyl (C=O) groups is 2. The largest absolute Gasteiger partial charge is 0.350 e. The predicted octanol–water partition coefficient (Wildman–Crippen LogP) is 6.60. The molecule has 0 atom stereocenters. The number of amides is 2. The van der Waals surface area contributed by atoms with Crippen LogP contribution in [-0.2, 0) is 15.0 Å². The Kier molecular flexibility index (Phi) is 5.14. The average molecular weight is 453 g/mol. The highest BCUT2D eigenvalue weighted by atomic mass is 32.1. The van der Waals surface area contributed by atoms with Crippen molar-refractivity contribution >= 4 is 50.9 Å². The molecule has 2 amide bonds. The number of nitrogens with one attached hydrogen (secondary N) is 1. The van der Waals surface area contributed by atoms with Gasteiger partial charge in [0, 0.05) is 16.0 Å². The monoisotopic (exact) mass is 452 g/mol. The first kappa shape index (κ1) is 21.2. The summed E-state index contributed by atoms with van der Waals surface area (Å²) >= 11 is 1.45. The van der Waals surface area contributed by atoms with Crippen molar-refractivity contribution in [3.63, 3.8) is 0 Å². The summed E-state index contributed by atoms with van der Waals surface area (Å²) in [6.45, 7) is 6.41. The van der Waals surface area contributed by atoms with Crippen molar-refractivity contribution in [3.8, 4) is 0 Å². The maximum absolute atomic E-state index is 13.6. The third-order valence-corrected chi connectivity index (χ3v) is 6.78. The molecule has 1 N–H and O–H groups in total. The zero-order valence-corrected chi connectivity index (χ0v) is 19.6. The lowest BCUT2D eigenvalue weighted by Gasteiger charge is -2.21. The number of rotatable bonds is 4. The zero-order valence-electron chi connectivity index (χ0n) is 18.8. The molecule has 5 heteroatoms.